The predicted molar refractivity (Wildman–Crippen MR) is 40.1 cm³/mol. The number of halogens is 3. The molecule has 0 amide bonds. The first-order chi connectivity index (χ1) is 6.07. The number of nitrogens with zero attached hydrogens (tertiary/aromatic N) is 1. The molecule has 0 aromatic carbocycles. The first-order valence-electron chi connectivity index (χ1n) is 3.34. The molecule has 6 heteroatoms. The van der Waals surface area contributed by atoms with Gasteiger partial charge in [0, 0.05) is 6.20 Å². The van der Waals surface area contributed by atoms with Crippen LogP contribution in [0.3, 0.4) is 0 Å². The van der Waals surface area contributed by atoms with Gasteiger partial charge in [0.25, 0.3) is 6.43 Å². The molecule has 1 aromatic rings. The highest BCUT2D eigenvalue weighted by Crippen LogP contribution is 2.33. The van der Waals surface area contributed by atoms with E-state index in [-0.39, 0.29) is 5.75 Å². The molecule has 0 atom stereocenters. The maximum absolute atomic E-state index is 12.6. The van der Waals surface area contributed by atoms with Gasteiger partial charge in [-0.1, -0.05) is 0 Å². The second-order valence-corrected chi connectivity index (χ2v) is 2.25. The molecule has 2 N–H and O–H groups in total. The number of ether oxygens (including phenoxy) is 1. The molecule has 0 saturated carbocycles. The summed E-state index contributed by atoms with van der Waals surface area (Å²) in [4.78, 5) is 3.06. The van der Waals surface area contributed by atoms with E-state index in [1.807, 2.05) is 0 Å². The van der Waals surface area contributed by atoms with Crippen LogP contribution in [0, 0.1) is 5.95 Å². The third-order valence-electron chi connectivity index (χ3n) is 1.49. The summed E-state index contributed by atoms with van der Waals surface area (Å²) in [5, 5.41) is 0. The van der Waals surface area contributed by atoms with E-state index in [1.54, 1.807) is 0 Å². The number of methoxy groups -OCH3 is 1. The molecule has 1 aromatic heterocycles. The van der Waals surface area contributed by atoms with Gasteiger partial charge >= 0.3 is 0 Å². The average Bonchev–Trinajstić information content (AvgIpc) is 2.09. The van der Waals surface area contributed by atoms with Crippen molar-refractivity contribution in [2.45, 2.75) is 6.43 Å². The summed E-state index contributed by atoms with van der Waals surface area (Å²) < 4.78 is 41.6. The Morgan fingerprint density at radius 3 is 2.62 bits per heavy atom. The minimum absolute atomic E-state index is 0.359. The molecule has 3 nitrogen and oxygen atoms in total. The van der Waals surface area contributed by atoms with Gasteiger partial charge in [0.05, 0.1) is 12.7 Å². The van der Waals surface area contributed by atoms with E-state index < -0.39 is 23.6 Å². The van der Waals surface area contributed by atoms with Crippen LogP contribution in [0.2, 0.25) is 0 Å². The first-order valence-corrected chi connectivity index (χ1v) is 3.34. The van der Waals surface area contributed by atoms with Gasteiger partial charge in [0.1, 0.15) is 5.69 Å². The van der Waals surface area contributed by atoms with E-state index in [4.69, 9.17) is 5.73 Å². The summed E-state index contributed by atoms with van der Waals surface area (Å²) in [6, 6.07) is 0. The van der Waals surface area contributed by atoms with Gasteiger partial charge in [-0.25, -0.2) is 13.8 Å². The normalized spacial score (nSPS) is 10.5. The Morgan fingerprint density at radius 2 is 2.15 bits per heavy atom. The average molecular weight is 192 g/mol. The second kappa shape index (κ2) is 3.51. The van der Waals surface area contributed by atoms with E-state index >= 15 is 0 Å². The van der Waals surface area contributed by atoms with Crippen LogP contribution in [-0.4, -0.2) is 12.1 Å². The Morgan fingerprint density at radius 1 is 1.54 bits per heavy atom. The third kappa shape index (κ3) is 1.66. The minimum atomic E-state index is -2.79. The molecule has 1 rings (SSSR count). The van der Waals surface area contributed by atoms with Crippen molar-refractivity contribution in [3.8, 4) is 5.75 Å². The van der Waals surface area contributed by atoms with Crippen LogP contribution < -0.4 is 10.5 Å². The predicted octanol–water partition coefficient (Wildman–Crippen LogP) is 1.75. The Hall–Kier alpha value is -1.46. The molecule has 0 spiro atoms. The van der Waals surface area contributed by atoms with Crippen LogP contribution in [-0.2, 0) is 0 Å². The molecule has 0 saturated heterocycles. The molecule has 0 aliphatic carbocycles. The first kappa shape index (κ1) is 9.63. The Kier molecular flexibility index (Phi) is 2.60. The minimum Gasteiger partial charge on any atom is -0.494 e. The molecule has 0 aliphatic rings. The second-order valence-electron chi connectivity index (χ2n) is 2.25. The van der Waals surface area contributed by atoms with Crippen LogP contribution in [0.25, 0.3) is 0 Å². The number of aromatic nitrogens is 1. The zero-order chi connectivity index (χ0) is 10.0. The van der Waals surface area contributed by atoms with E-state index in [2.05, 4.69) is 9.72 Å². The lowest BCUT2D eigenvalue weighted by Gasteiger charge is -2.09. The van der Waals surface area contributed by atoms with Crippen molar-refractivity contribution in [1.82, 2.24) is 4.98 Å². The highest BCUT2D eigenvalue weighted by atomic mass is 19.3. The van der Waals surface area contributed by atoms with Crippen molar-refractivity contribution in [1.29, 1.82) is 0 Å². The van der Waals surface area contributed by atoms with Gasteiger partial charge in [-0.3, -0.25) is 0 Å². The smallest absolute Gasteiger partial charge is 0.268 e. The van der Waals surface area contributed by atoms with Crippen molar-refractivity contribution in [2.75, 3.05) is 12.8 Å². The lowest BCUT2D eigenvalue weighted by atomic mass is 10.2. The third-order valence-corrected chi connectivity index (χ3v) is 1.49. The SMILES string of the molecule is COc1c(C(F)F)cnc(F)c1N. The van der Waals surface area contributed by atoms with Crippen molar-refractivity contribution >= 4 is 5.69 Å². The van der Waals surface area contributed by atoms with Crippen LogP contribution in [0.4, 0.5) is 18.9 Å². The van der Waals surface area contributed by atoms with E-state index in [1.165, 1.54) is 0 Å². The molecule has 0 unspecified atom stereocenters. The number of hydrogen-bond acceptors (Lipinski definition) is 3. The van der Waals surface area contributed by atoms with Crippen molar-refractivity contribution in [3.05, 3.63) is 17.7 Å². The van der Waals surface area contributed by atoms with Gasteiger partial charge in [-0.15, -0.1) is 0 Å². The number of rotatable bonds is 2. The number of alkyl halides is 2. The lowest BCUT2D eigenvalue weighted by molar-refractivity contribution is 0.146. The molecular weight excluding hydrogens is 185 g/mol. The van der Waals surface area contributed by atoms with Gasteiger partial charge in [0.2, 0.25) is 5.95 Å². The standard InChI is InChI=1S/C7H7F3N2O/c1-13-5-3(6(8)9)2-12-7(10)4(5)11/h2,6H,11H2,1H3. The van der Waals surface area contributed by atoms with E-state index in [0.717, 1.165) is 7.11 Å². The van der Waals surface area contributed by atoms with Gasteiger partial charge in [-0.2, -0.15) is 4.39 Å². The molecule has 0 aliphatic heterocycles. The summed E-state index contributed by atoms with van der Waals surface area (Å²) in [5.74, 6) is -1.37. The van der Waals surface area contributed by atoms with Gasteiger partial charge in [-0.05, 0) is 0 Å². The van der Waals surface area contributed by atoms with Gasteiger partial charge in [0.15, 0.2) is 5.75 Å². The quantitative estimate of drug-likeness (QED) is 0.726. The Labute approximate surface area is 72.3 Å². The maximum atomic E-state index is 12.6. The topological polar surface area (TPSA) is 48.1 Å². The van der Waals surface area contributed by atoms with Gasteiger partial charge < -0.3 is 10.5 Å². The van der Waals surface area contributed by atoms with E-state index in [9.17, 15) is 13.2 Å². The highest BCUT2D eigenvalue weighted by Gasteiger charge is 2.19. The molecule has 1 heterocycles. The molecule has 13 heavy (non-hydrogen) atoms. The van der Waals surface area contributed by atoms with Crippen LogP contribution in [0.5, 0.6) is 5.75 Å². The Bertz CT molecular complexity index is 317. The molecule has 0 bridgehead atoms. The number of anilines is 1. The molecule has 0 radical (unpaired) electrons. The summed E-state index contributed by atoms with van der Waals surface area (Å²) in [5.41, 5.74) is 4.12. The molecule has 0 fully saturated rings. The summed E-state index contributed by atoms with van der Waals surface area (Å²) in [6.07, 6.45) is -2.08. The highest BCUT2D eigenvalue weighted by molar-refractivity contribution is 5.55. The summed E-state index contributed by atoms with van der Waals surface area (Å²) >= 11 is 0. The summed E-state index contributed by atoms with van der Waals surface area (Å²) in [6.45, 7) is 0. The van der Waals surface area contributed by atoms with E-state index in [0.29, 0.717) is 6.20 Å². The molecule has 72 valence electrons. The fourth-order valence-corrected chi connectivity index (χ4v) is 0.887. The zero-order valence-corrected chi connectivity index (χ0v) is 6.72. The zero-order valence-electron chi connectivity index (χ0n) is 6.72. The summed E-state index contributed by atoms with van der Waals surface area (Å²) in [7, 11) is 1.14. The number of hydrogen-bond donors (Lipinski definition) is 1. The number of pyridine rings is 1. The largest absolute Gasteiger partial charge is 0.494 e. The molecular formula is C7H7F3N2O. The fourth-order valence-electron chi connectivity index (χ4n) is 0.887. The van der Waals surface area contributed by atoms with Crippen molar-refractivity contribution in [2.24, 2.45) is 0 Å². The lowest BCUT2D eigenvalue weighted by Crippen LogP contribution is -2.02. The monoisotopic (exact) mass is 192 g/mol. The number of nitrogen functional groups attached to an aromatic ring is 1. The Balaban J connectivity index is 3.30. The van der Waals surface area contributed by atoms with Crippen LogP contribution >= 0.6 is 0 Å². The maximum Gasteiger partial charge on any atom is 0.268 e. The van der Waals surface area contributed by atoms with Crippen molar-refractivity contribution in [3.63, 3.8) is 0 Å². The number of nitrogens with two attached hydrogens (primary N) is 1. The fraction of sp³-hybridized carbons (Fsp3) is 0.286. The van der Waals surface area contributed by atoms with Crippen LogP contribution in [0.15, 0.2) is 6.20 Å². The van der Waals surface area contributed by atoms with Crippen LogP contribution in [0.1, 0.15) is 12.0 Å². The van der Waals surface area contributed by atoms with Crippen molar-refractivity contribution < 1.29 is 17.9 Å².